The van der Waals surface area contributed by atoms with E-state index in [0.29, 0.717) is 33.0 Å². The van der Waals surface area contributed by atoms with Gasteiger partial charge in [0.1, 0.15) is 11.6 Å². The van der Waals surface area contributed by atoms with Crippen LogP contribution in [0.2, 0.25) is 0 Å². The zero-order valence-corrected chi connectivity index (χ0v) is 19.7. The number of aliphatic hydroxyl groups is 1. The summed E-state index contributed by atoms with van der Waals surface area (Å²) >= 11 is 1.07. The molecular weight excluding hydrogens is 475 g/mol. The van der Waals surface area contributed by atoms with E-state index in [1.807, 2.05) is 0 Å². The molecule has 2 aromatic carbocycles. The number of aliphatic hydroxyl groups excluding tert-OH is 1. The number of halogens is 1. The van der Waals surface area contributed by atoms with Crippen molar-refractivity contribution in [2.45, 2.75) is 13.0 Å². The third-order valence-corrected chi connectivity index (χ3v) is 6.70. The highest BCUT2D eigenvalue weighted by atomic mass is 32.1. The average Bonchev–Trinajstić information content (AvgIpc) is 3.54. The van der Waals surface area contributed by atoms with Gasteiger partial charge in [0.25, 0.3) is 5.91 Å². The number of fused-ring (bicyclic) bond motifs is 1. The van der Waals surface area contributed by atoms with E-state index < -0.39 is 29.3 Å². The molecule has 4 aromatic rings. The first-order valence-corrected chi connectivity index (χ1v) is 11.3. The molecule has 0 spiro atoms. The smallest absolute Gasteiger partial charge is 0.296 e. The van der Waals surface area contributed by atoms with Gasteiger partial charge in [-0.25, -0.2) is 9.37 Å². The Labute approximate surface area is 202 Å². The number of ketones is 1. The molecule has 0 radical (unpaired) electrons. The normalized spacial score (nSPS) is 15.8. The Bertz CT molecular complexity index is 1520. The second-order valence-electron chi connectivity index (χ2n) is 7.80. The Hall–Kier alpha value is -4.18. The number of aryl methyl sites for hydroxylation is 1. The number of benzene rings is 2. The van der Waals surface area contributed by atoms with Gasteiger partial charge in [0.15, 0.2) is 28.1 Å². The third-order valence-electron chi connectivity index (χ3n) is 5.69. The van der Waals surface area contributed by atoms with Gasteiger partial charge >= 0.3 is 0 Å². The quantitative estimate of drug-likeness (QED) is 0.371. The molecular formula is C25H19FN2O6S. The number of carbonyl (C=O) groups excluding carboxylic acids is 2. The Morgan fingerprint density at radius 3 is 2.57 bits per heavy atom. The summed E-state index contributed by atoms with van der Waals surface area (Å²) in [5, 5.41) is 11.1. The molecule has 0 saturated carbocycles. The van der Waals surface area contributed by atoms with Crippen molar-refractivity contribution < 1.29 is 33.0 Å². The zero-order chi connectivity index (χ0) is 24.9. The summed E-state index contributed by atoms with van der Waals surface area (Å²) in [6, 6.07) is 11.1. The first-order valence-electron chi connectivity index (χ1n) is 10.5. The van der Waals surface area contributed by atoms with E-state index in [2.05, 4.69) is 4.98 Å². The maximum atomic E-state index is 13.8. The molecule has 178 valence electrons. The topological polar surface area (TPSA) is 102 Å². The van der Waals surface area contributed by atoms with Gasteiger partial charge in [0.2, 0.25) is 5.78 Å². The number of amides is 1. The minimum atomic E-state index is -1.05. The Morgan fingerprint density at radius 1 is 1.11 bits per heavy atom. The molecule has 5 rings (SSSR count). The highest BCUT2D eigenvalue weighted by Crippen LogP contribution is 2.45. The summed E-state index contributed by atoms with van der Waals surface area (Å²) < 4.78 is 30.5. The lowest BCUT2D eigenvalue weighted by Crippen LogP contribution is -2.31. The van der Waals surface area contributed by atoms with Gasteiger partial charge in [0.05, 0.1) is 36.1 Å². The molecule has 0 saturated heterocycles. The lowest BCUT2D eigenvalue weighted by Gasteiger charge is -2.25. The minimum absolute atomic E-state index is 0.0180. The standard InChI is InChI=1S/C25H19FN2O6S/c1-12-4-8-17(34-12)22(29)20-21(13-5-9-16(32-2)18(10-13)33-3)28(24(31)23(20)30)25-27-15-7-6-14(26)11-19(15)35-25/h4-11,21,30H,1-3H3/t21-/m0/s1. The van der Waals surface area contributed by atoms with Crippen LogP contribution in [0.1, 0.15) is 27.9 Å². The van der Waals surface area contributed by atoms with E-state index in [1.54, 1.807) is 31.2 Å². The first kappa shape index (κ1) is 22.6. The fourth-order valence-corrected chi connectivity index (χ4v) is 5.07. The van der Waals surface area contributed by atoms with Crippen molar-refractivity contribution in [3.63, 3.8) is 0 Å². The first-order chi connectivity index (χ1) is 16.8. The maximum Gasteiger partial charge on any atom is 0.296 e. The average molecular weight is 495 g/mol. The number of anilines is 1. The molecule has 1 atom stereocenters. The minimum Gasteiger partial charge on any atom is -0.503 e. The number of Topliss-reactive ketones (excluding diaryl/α,β-unsaturated/α-hetero) is 1. The van der Waals surface area contributed by atoms with Crippen LogP contribution in [-0.2, 0) is 4.79 Å². The Morgan fingerprint density at radius 2 is 1.89 bits per heavy atom. The summed E-state index contributed by atoms with van der Waals surface area (Å²) in [4.78, 5) is 32.5. The highest BCUT2D eigenvalue weighted by molar-refractivity contribution is 7.22. The SMILES string of the molecule is COc1ccc([C@H]2C(C(=O)c3ccc(C)o3)=C(O)C(=O)N2c2nc3ccc(F)cc3s2)cc1OC. The van der Waals surface area contributed by atoms with Crippen LogP contribution in [0.3, 0.4) is 0 Å². The van der Waals surface area contributed by atoms with Crippen LogP contribution in [0, 0.1) is 12.7 Å². The molecule has 35 heavy (non-hydrogen) atoms. The molecule has 1 aliphatic heterocycles. The van der Waals surface area contributed by atoms with Crippen LogP contribution >= 0.6 is 11.3 Å². The molecule has 0 fully saturated rings. The molecule has 8 nitrogen and oxygen atoms in total. The lowest BCUT2D eigenvalue weighted by atomic mass is 9.95. The summed E-state index contributed by atoms with van der Waals surface area (Å²) in [5.74, 6) is -1.30. The summed E-state index contributed by atoms with van der Waals surface area (Å²) in [6.07, 6.45) is 0. The number of carbonyl (C=O) groups is 2. The van der Waals surface area contributed by atoms with Crippen molar-refractivity contribution in [3.05, 3.63) is 82.8 Å². The maximum absolute atomic E-state index is 13.8. The summed E-state index contributed by atoms with van der Waals surface area (Å²) in [7, 11) is 2.95. The Balaban J connectivity index is 1.70. The number of methoxy groups -OCH3 is 2. The van der Waals surface area contributed by atoms with Gasteiger partial charge in [-0.3, -0.25) is 14.5 Å². The predicted octanol–water partition coefficient (Wildman–Crippen LogP) is 5.14. The largest absolute Gasteiger partial charge is 0.503 e. The van der Waals surface area contributed by atoms with Crippen molar-refractivity contribution >= 4 is 38.4 Å². The van der Waals surface area contributed by atoms with Crippen LogP contribution in [0.15, 0.2) is 64.3 Å². The van der Waals surface area contributed by atoms with E-state index in [1.165, 1.54) is 43.4 Å². The fourth-order valence-electron chi connectivity index (χ4n) is 4.05. The van der Waals surface area contributed by atoms with Crippen LogP contribution in [0.25, 0.3) is 10.2 Å². The number of ether oxygens (including phenoxy) is 2. The number of furan rings is 1. The van der Waals surface area contributed by atoms with E-state index in [9.17, 15) is 19.1 Å². The van der Waals surface area contributed by atoms with Crippen molar-refractivity contribution in [2.75, 3.05) is 19.1 Å². The van der Waals surface area contributed by atoms with Crippen molar-refractivity contribution in [3.8, 4) is 11.5 Å². The molecule has 1 aliphatic rings. The number of hydrogen-bond acceptors (Lipinski definition) is 8. The van der Waals surface area contributed by atoms with Crippen LogP contribution in [0.4, 0.5) is 9.52 Å². The van der Waals surface area contributed by atoms with Gasteiger partial charge in [-0.2, -0.15) is 0 Å². The Kier molecular flexibility index (Phi) is 5.52. The second kappa shape index (κ2) is 8.55. The third kappa shape index (κ3) is 3.71. The molecule has 10 heteroatoms. The van der Waals surface area contributed by atoms with Crippen LogP contribution in [-0.4, -0.2) is 36.0 Å². The molecule has 0 unspecified atom stereocenters. The second-order valence-corrected chi connectivity index (χ2v) is 8.81. The molecule has 1 amide bonds. The summed E-state index contributed by atoms with van der Waals surface area (Å²) in [5.41, 5.74) is 0.783. The molecule has 1 N–H and O–H groups in total. The van der Waals surface area contributed by atoms with E-state index >= 15 is 0 Å². The summed E-state index contributed by atoms with van der Waals surface area (Å²) in [6.45, 7) is 1.68. The number of hydrogen-bond donors (Lipinski definition) is 1. The molecule has 3 heterocycles. The molecule has 0 aliphatic carbocycles. The number of rotatable bonds is 6. The van der Waals surface area contributed by atoms with Gasteiger partial charge in [0, 0.05) is 0 Å². The molecule has 0 bridgehead atoms. The van der Waals surface area contributed by atoms with Crippen molar-refractivity contribution in [2.24, 2.45) is 0 Å². The van der Waals surface area contributed by atoms with Crippen LogP contribution < -0.4 is 14.4 Å². The van der Waals surface area contributed by atoms with Gasteiger partial charge in [-0.15, -0.1) is 0 Å². The fraction of sp³-hybridized carbons (Fsp3) is 0.160. The van der Waals surface area contributed by atoms with Crippen molar-refractivity contribution in [1.29, 1.82) is 0 Å². The predicted molar refractivity (Wildman–Crippen MR) is 127 cm³/mol. The number of aromatic nitrogens is 1. The van der Waals surface area contributed by atoms with E-state index in [0.717, 1.165) is 11.3 Å². The number of thiazole rings is 1. The van der Waals surface area contributed by atoms with Gasteiger partial charge in [-0.1, -0.05) is 17.4 Å². The molecule has 2 aromatic heterocycles. The highest BCUT2D eigenvalue weighted by Gasteiger charge is 2.46. The van der Waals surface area contributed by atoms with Gasteiger partial charge < -0.3 is 19.0 Å². The van der Waals surface area contributed by atoms with E-state index in [4.69, 9.17) is 13.9 Å². The monoisotopic (exact) mass is 494 g/mol. The van der Waals surface area contributed by atoms with Crippen LogP contribution in [0.5, 0.6) is 11.5 Å². The van der Waals surface area contributed by atoms with Crippen molar-refractivity contribution in [1.82, 2.24) is 4.98 Å². The zero-order valence-electron chi connectivity index (χ0n) is 18.9. The lowest BCUT2D eigenvalue weighted by molar-refractivity contribution is -0.117. The number of nitrogens with zero attached hydrogens (tertiary/aromatic N) is 2. The van der Waals surface area contributed by atoms with E-state index in [-0.39, 0.29) is 16.5 Å². The van der Waals surface area contributed by atoms with Gasteiger partial charge in [-0.05, 0) is 55.0 Å².